The Labute approximate surface area is 138 Å². The molecule has 0 radical (unpaired) electrons. The first-order valence-corrected chi connectivity index (χ1v) is 8.76. The summed E-state index contributed by atoms with van der Waals surface area (Å²) >= 11 is 0. The van der Waals surface area contributed by atoms with Crippen molar-refractivity contribution >= 4 is 10.8 Å². The number of likely N-dealkylation sites (tertiary alicyclic amines) is 1. The van der Waals surface area contributed by atoms with Crippen LogP contribution in [0.3, 0.4) is 0 Å². The lowest BCUT2D eigenvalue weighted by Gasteiger charge is -2.34. The Balaban J connectivity index is 1.47. The zero-order valence-corrected chi connectivity index (χ0v) is 14.0. The maximum Gasteiger partial charge on any atom is 0.119 e. The van der Waals surface area contributed by atoms with Crippen LogP contribution in [-0.2, 0) is 6.54 Å². The predicted molar refractivity (Wildman–Crippen MR) is 94.9 cm³/mol. The van der Waals surface area contributed by atoms with Gasteiger partial charge in [-0.3, -0.25) is 4.90 Å². The van der Waals surface area contributed by atoms with E-state index >= 15 is 0 Å². The van der Waals surface area contributed by atoms with Gasteiger partial charge in [0.15, 0.2) is 0 Å². The molecule has 2 aromatic rings. The van der Waals surface area contributed by atoms with Crippen molar-refractivity contribution in [3.05, 3.63) is 42.0 Å². The van der Waals surface area contributed by atoms with Crippen molar-refractivity contribution < 1.29 is 4.74 Å². The quantitative estimate of drug-likeness (QED) is 0.940. The third-order valence-electron chi connectivity index (χ3n) is 5.70. The molecule has 122 valence electrons. The van der Waals surface area contributed by atoms with E-state index in [1.54, 1.807) is 7.11 Å². The maximum absolute atomic E-state index is 5.31. The molecular formula is C20H26N2O. The highest BCUT2D eigenvalue weighted by Crippen LogP contribution is 2.39. The minimum Gasteiger partial charge on any atom is -0.497 e. The van der Waals surface area contributed by atoms with Crippen LogP contribution in [0.2, 0.25) is 0 Å². The zero-order chi connectivity index (χ0) is 15.7. The van der Waals surface area contributed by atoms with Crippen LogP contribution >= 0.6 is 0 Å². The summed E-state index contributed by atoms with van der Waals surface area (Å²) in [5.41, 5.74) is 2.02. The molecular weight excluding hydrogens is 284 g/mol. The second-order valence-corrected chi connectivity index (χ2v) is 7.26. The van der Waals surface area contributed by atoms with Crippen molar-refractivity contribution in [1.29, 1.82) is 0 Å². The summed E-state index contributed by atoms with van der Waals surface area (Å²) in [6.07, 6.45) is 4.07. The van der Waals surface area contributed by atoms with Crippen molar-refractivity contribution in [2.75, 3.05) is 33.3 Å². The molecule has 1 spiro atoms. The second kappa shape index (κ2) is 6.14. The van der Waals surface area contributed by atoms with Crippen LogP contribution in [0.1, 0.15) is 24.8 Å². The molecule has 3 nitrogen and oxygen atoms in total. The van der Waals surface area contributed by atoms with E-state index in [0.717, 1.165) is 12.3 Å². The molecule has 4 rings (SSSR count). The van der Waals surface area contributed by atoms with Gasteiger partial charge in [-0.1, -0.05) is 18.2 Å². The van der Waals surface area contributed by atoms with Gasteiger partial charge in [0.2, 0.25) is 0 Å². The van der Waals surface area contributed by atoms with E-state index in [1.165, 1.54) is 61.8 Å². The van der Waals surface area contributed by atoms with Crippen molar-refractivity contribution in [2.24, 2.45) is 5.41 Å². The van der Waals surface area contributed by atoms with Gasteiger partial charge in [-0.25, -0.2) is 0 Å². The Morgan fingerprint density at radius 3 is 2.65 bits per heavy atom. The zero-order valence-electron chi connectivity index (χ0n) is 14.0. The third kappa shape index (κ3) is 3.08. The van der Waals surface area contributed by atoms with Crippen molar-refractivity contribution in [2.45, 2.75) is 25.8 Å². The van der Waals surface area contributed by atoms with E-state index < -0.39 is 0 Å². The van der Waals surface area contributed by atoms with Gasteiger partial charge in [0.05, 0.1) is 7.11 Å². The highest BCUT2D eigenvalue weighted by atomic mass is 16.5. The number of benzene rings is 2. The number of nitrogens with zero attached hydrogens (tertiary/aromatic N) is 1. The maximum atomic E-state index is 5.31. The molecule has 0 amide bonds. The summed E-state index contributed by atoms with van der Waals surface area (Å²) < 4.78 is 5.31. The number of piperidine rings is 1. The number of fused-ring (bicyclic) bond motifs is 1. The van der Waals surface area contributed by atoms with Gasteiger partial charge < -0.3 is 10.1 Å². The largest absolute Gasteiger partial charge is 0.497 e. The standard InChI is InChI=1S/C20H26N2O/c1-23-19-5-4-17-12-16(2-3-18(17)13-19)14-22-11-8-20(15-22)6-9-21-10-7-20/h2-5,12-13,21H,6-11,14-15H2,1H3. The molecule has 0 unspecified atom stereocenters. The molecule has 1 N–H and O–H groups in total. The summed E-state index contributed by atoms with van der Waals surface area (Å²) in [5, 5.41) is 6.06. The Bertz CT molecular complexity index is 691. The molecule has 2 fully saturated rings. The summed E-state index contributed by atoms with van der Waals surface area (Å²) in [6, 6.07) is 13.2. The van der Waals surface area contributed by atoms with E-state index in [9.17, 15) is 0 Å². The minimum atomic E-state index is 0.593. The Morgan fingerprint density at radius 2 is 1.83 bits per heavy atom. The van der Waals surface area contributed by atoms with Gasteiger partial charge in [-0.2, -0.15) is 0 Å². The topological polar surface area (TPSA) is 24.5 Å². The van der Waals surface area contributed by atoms with Gasteiger partial charge in [-0.15, -0.1) is 0 Å². The fourth-order valence-corrected chi connectivity index (χ4v) is 4.28. The fraction of sp³-hybridized carbons (Fsp3) is 0.500. The first-order valence-electron chi connectivity index (χ1n) is 8.76. The monoisotopic (exact) mass is 310 g/mol. The lowest BCUT2D eigenvalue weighted by Crippen LogP contribution is -2.38. The highest BCUT2D eigenvalue weighted by molar-refractivity contribution is 5.84. The van der Waals surface area contributed by atoms with Gasteiger partial charge >= 0.3 is 0 Å². The van der Waals surface area contributed by atoms with Crippen molar-refractivity contribution in [3.63, 3.8) is 0 Å². The van der Waals surface area contributed by atoms with Crippen LogP contribution in [0, 0.1) is 5.41 Å². The SMILES string of the molecule is COc1ccc2cc(CN3CCC4(CCNCC4)C3)ccc2c1. The number of hydrogen-bond acceptors (Lipinski definition) is 3. The molecule has 2 heterocycles. The Hall–Kier alpha value is -1.58. The van der Waals surface area contributed by atoms with Crippen LogP contribution in [0.4, 0.5) is 0 Å². The number of rotatable bonds is 3. The first kappa shape index (κ1) is 15.0. The predicted octanol–water partition coefficient (Wildman–Crippen LogP) is 3.42. The molecule has 3 heteroatoms. The van der Waals surface area contributed by atoms with E-state index in [0.29, 0.717) is 5.41 Å². The van der Waals surface area contributed by atoms with E-state index in [4.69, 9.17) is 4.74 Å². The summed E-state index contributed by atoms with van der Waals surface area (Å²) in [6.45, 7) is 6.00. The number of methoxy groups -OCH3 is 1. The Kier molecular flexibility index (Phi) is 4.00. The Morgan fingerprint density at radius 1 is 1.04 bits per heavy atom. The highest BCUT2D eigenvalue weighted by Gasteiger charge is 2.38. The summed E-state index contributed by atoms with van der Waals surface area (Å²) in [7, 11) is 1.72. The summed E-state index contributed by atoms with van der Waals surface area (Å²) in [4.78, 5) is 2.65. The van der Waals surface area contributed by atoms with Gasteiger partial charge in [0.25, 0.3) is 0 Å². The van der Waals surface area contributed by atoms with E-state index in [1.807, 2.05) is 6.07 Å². The molecule has 2 aromatic carbocycles. The minimum absolute atomic E-state index is 0.593. The molecule has 0 bridgehead atoms. The molecule has 0 aliphatic carbocycles. The average molecular weight is 310 g/mol. The second-order valence-electron chi connectivity index (χ2n) is 7.26. The molecule has 2 aliphatic rings. The summed E-state index contributed by atoms with van der Waals surface area (Å²) in [5.74, 6) is 0.928. The van der Waals surface area contributed by atoms with Crippen molar-refractivity contribution in [3.8, 4) is 5.75 Å². The fourth-order valence-electron chi connectivity index (χ4n) is 4.28. The van der Waals surface area contributed by atoms with Gasteiger partial charge in [0, 0.05) is 13.1 Å². The van der Waals surface area contributed by atoms with Crippen LogP contribution in [0.25, 0.3) is 10.8 Å². The van der Waals surface area contributed by atoms with Gasteiger partial charge in [0.1, 0.15) is 5.75 Å². The van der Waals surface area contributed by atoms with E-state index in [2.05, 4.69) is 40.5 Å². The number of nitrogens with one attached hydrogen (secondary N) is 1. The molecule has 0 saturated carbocycles. The molecule has 23 heavy (non-hydrogen) atoms. The normalized spacial score (nSPS) is 21.1. The van der Waals surface area contributed by atoms with Crippen molar-refractivity contribution in [1.82, 2.24) is 10.2 Å². The van der Waals surface area contributed by atoms with Crippen LogP contribution in [0.15, 0.2) is 36.4 Å². The smallest absolute Gasteiger partial charge is 0.119 e. The van der Waals surface area contributed by atoms with Crippen LogP contribution in [0.5, 0.6) is 5.75 Å². The van der Waals surface area contributed by atoms with Gasteiger partial charge in [-0.05, 0) is 78.8 Å². The lowest BCUT2D eigenvalue weighted by atomic mass is 9.78. The molecule has 2 aliphatic heterocycles. The molecule has 2 saturated heterocycles. The number of hydrogen-bond donors (Lipinski definition) is 1. The molecule has 0 atom stereocenters. The van der Waals surface area contributed by atoms with E-state index in [-0.39, 0.29) is 0 Å². The molecule has 0 aromatic heterocycles. The van der Waals surface area contributed by atoms with Crippen LogP contribution < -0.4 is 10.1 Å². The first-order chi connectivity index (χ1) is 11.3. The van der Waals surface area contributed by atoms with Crippen LogP contribution in [-0.4, -0.2) is 38.2 Å². The third-order valence-corrected chi connectivity index (χ3v) is 5.70. The number of ether oxygens (including phenoxy) is 1. The average Bonchev–Trinajstić information content (AvgIpc) is 2.97. The lowest BCUT2D eigenvalue weighted by molar-refractivity contribution is 0.194.